The van der Waals surface area contributed by atoms with Gasteiger partial charge in [-0.25, -0.2) is 0 Å². The van der Waals surface area contributed by atoms with Crippen molar-refractivity contribution in [2.75, 3.05) is 0 Å². The lowest BCUT2D eigenvalue weighted by Gasteiger charge is -1.99. The standard InChI is InChI=1S/C10H9N3O2/c14-10(15)7-13-11-6-9(12-13)8-4-2-1-3-5-8/h1-6H,7H2,(H,14,15)/p-1. The van der Waals surface area contributed by atoms with E-state index in [9.17, 15) is 9.90 Å². The van der Waals surface area contributed by atoms with Gasteiger partial charge in [-0.05, 0) is 0 Å². The van der Waals surface area contributed by atoms with Gasteiger partial charge in [0.05, 0.1) is 12.2 Å². The van der Waals surface area contributed by atoms with Crippen LogP contribution >= 0.6 is 0 Å². The van der Waals surface area contributed by atoms with Gasteiger partial charge in [-0.3, -0.25) is 0 Å². The van der Waals surface area contributed by atoms with Crippen LogP contribution in [-0.4, -0.2) is 21.0 Å². The van der Waals surface area contributed by atoms with Gasteiger partial charge in [-0.2, -0.15) is 15.0 Å². The van der Waals surface area contributed by atoms with Crippen LogP contribution in [0.4, 0.5) is 0 Å². The first-order valence-electron chi connectivity index (χ1n) is 4.41. The van der Waals surface area contributed by atoms with Gasteiger partial charge in [0.2, 0.25) is 0 Å². The Morgan fingerprint density at radius 2 is 2.07 bits per heavy atom. The first kappa shape index (κ1) is 9.39. The molecule has 1 aromatic heterocycles. The Morgan fingerprint density at radius 3 is 2.73 bits per heavy atom. The van der Waals surface area contributed by atoms with Crippen LogP contribution in [0.1, 0.15) is 0 Å². The molecule has 1 heterocycles. The van der Waals surface area contributed by atoms with Gasteiger partial charge in [-0.1, -0.05) is 30.3 Å². The highest BCUT2D eigenvalue weighted by Crippen LogP contribution is 2.13. The van der Waals surface area contributed by atoms with Crippen molar-refractivity contribution in [2.24, 2.45) is 0 Å². The first-order valence-corrected chi connectivity index (χ1v) is 4.41. The highest BCUT2D eigenvalue weighted by molar-refractivity contribution is 5.64. The lowest BCUT2D eigenvalue weighted by Crippen LogP contribution is -2.28. The zero-order chi connectivity index (χ0) is 10.7. The van der Waals surface area contributed by atoms with Crippen LogP contribution in [0.15, 0.2) is 36.5 Å². The fraction of sp³-hybridized carbons (Fsp3) is 0.100. The predicted molar refractivity (Wildman–Crippen MR) is 50.5 cm³/mol. The maximum absolute atomic E-state index is 10.3. The van der Waals surface area contributed by atoms with Gasteiger partial charge in [0.15, 0.2) is 0 Å². The Labute approximate surface area is 86.0 Å². The summed E-state index contributed by atoms with van der Waals surface area (Å²) in [6.45, 7) is -0.327. The molecule has 0 radical (unpaired) electrons. The van der Waals surface area contributed by atoms with Crippen molar-refractivity contribution in [3.05, 3.63) is 36.5 Å². The Hall–Kier alpha value is -2.17. The van der Waals surface area contributed by atoms with Crippen molar-refractivity contribution in [1.82, 2.24) is 15.0 Å². The van der Waals surface area contributed by atoms with E-state index in [1.54, 1.807) is 0 Å². The second-order valence-electron chi connectivity index (χ2n) is 3.00. The molecular formula is C10H8N3O2-. The van der Waals surface area contributed by atoms with E-state index >= 15 is 0 Å². The lowest BCUT2D eigenvalue weighted by molar-refractivity contribution is -0.306. The van der Waals surface area contributed by atoms with Crippen molar-refractivity contribution < 1.29 is 9.90 Å². The highest BCUT2D eigenvalue weighted by Gasteiger charge is 2.02. The topological polar surface area (TPSA) is 70.8 Å². The first-order chi connectivity index (χ1) is 7.25. The van der Waals surface area contributed by atoms with Crippen LogP contribution in [0.2, 0.25) is 0 Å². The van der Waals surface area contributed by atoms with Crippen LogP contribution in [0.5, 0.6) is 0 Å². The van der Waals surface area contributed by atoms with Gasteiger partial charge in [-0.15, -0.1) is 0 Å². The van der Waals surface area contributed by atoms with Gasteiger partial charge >= 0.3 is 0 Å². The minimum atomic E-state index is -1.20. The van der Waals surface area contributed by atoms with Crippen molar-refractivity contribution >= 4 is 5.97 Å². The molecule has 0 aliphatic heterocycles. The Kier molecular flexibility index (Phi) is 2.45. The molecule has 15 heavy (non-hydrogen) atoms. The maximum Gasteiger partial charge on any atom is 0.113 e. The molecule has 76 valence electrons. The maximum atomic E-state index is 10.3. The lowest BCUT2D eigenvalue weighted by atomic mass is 10.2. The van der Waals surface area contributed by atoms with E-state index in [-0.39, 0.29) is 6.54 Å². The van der Waals surface area contributed by atoms with Gasteiger partial charge in [0.25, 0.3) is 0 Å². The normalized spacial score (nSPS) is 10.1. The minimum Gasteiger partial charge on any atom is -0.548 e. The number of carboxylic acid groups (broad SMARTS) is 1. The summed E-state index contributed by atoms with van der Waals surface area (Å²) in [6, 6.07) is 9.43. The summed E-state index contributed by atoms with van der Waals surface area (Å²) in [4.78, 5) is 11.4. The second-order valence-corrected chi connectivity index (χ2v) is 3.00. The molecule has 0 fully saturated rings. The second kappa shape index (κ2) is 3.91. The van der Waals surface area contributed by atoms with E-state index < -0.39 is 5.97 Å². The Morgan fingerprint density at radius 1 is 1.33 bits per heavy atom. The average Bonchev–Trinajstić information content (AvgIpc) is 2.67. The molecule has 0 N–H and O–H groups in total. The highest BCUT2D eigenvalue weighted by atomic mass is 16.4. The van der Waals surface area contributed by atoms with Gasteiger partial charge in [0, 0.05) is 5.56 Å². The largest absolute Gasteiger partial charge is 0.548 e. The number of benzene rings is 1. The number of carbonyl (C=O) groups is 1. The van der Waals surface area contributed by atoms with E-state index in [4.69, 9.17) is 0 Å². The molecule has 1 aromatic carbocycles. The molecule has 0 saturated carbocycles. The summed E-state index contributed by atoms with van der Waals surface area (Å²) in [6.07, 6.45) is 1.53. The van der Waals surface area contributed by atoms with Crippen molar-refractivity contribution in [1.29, 1.82) is 0 Å². The SMILES string of the molecule is O=C([O-])Cn1ncc(-c2ccccc2)n1. The van der Waals surface area contributed by atoms with E-state index in [0.29, 0.717) is 5.69 Å². The summed E-state index contributed by atoms with van der Waals surface area (Å²) in [7, 11) is 0. The Bertz CT molecular complexity index is 465. The molecule has 0 unspecified atom stereocenters. The third-order valence-corrected chi connectivity index (χ3v) is 1.88. The predicted octanol–water partition coefficient (Wildman–Crippen LogP) is -0.305. The Balaban J connectivity index is 2.24. The molecule has 0 saturated heterocycles. The third-order valence-electron chi connectivity index (χ3n) is 1.88. The van der Waals surface area contributed by atoms with E-state index in [1.807, 2.05) is 30.3 Å². The quantitative estimate of drug-likeness (QED) is 0.684. The fourth-order valence-corrected chi connectivity index (χ4v) is 1.23. The average molecular weight is 202 g/mol. The van der Waals surface area contributed by atoms with E-state index in [2.05, 4.69) is 10.2 Å². The monoisotopic (exact) mass is 202 g/mol. The number of aromatic nitrogens is 3. The van der Waals surface area contributed by atoms with Crippen molar-refractivity contribution in [2.45, 2.75) is 6.54 Å². The molecule has 5 nitrogen and oxygen atoms in total. The number of hydrogen-bond acceptors (Lipinski definition) is 4. The minimum absolute atomic E-state index is 0.327. The molecule has 2 rings (SSSR count). The van der Waals surface area contributed by atoms with Gasteiger partial charge < -0.3 is 9.90 Å². The summed E-state index contributed by atoms with van der Waals surface area (Å²) < 4.78 is 0. The zero-order valence-corrected chi connectivity index (χ0v) is 7.83. The summed E-state index contributed by atoms with van der Waals surface area (Å²) >= 11 is 0. The smallest absolute Gasteiger partial charge is 0.113 e. The fourth-order valence-electron chi connectivity index (χ4n) is 1.23. The molecule has 5 heteroatoms. The molecule has 0 aliphatic carbocycles. The number of aliphatic carboxylic acids is 1. The summed E-state index contributed by atoms with van der Waals surface area (Å²) in [5.74, 6) is -1.20. The summed E-state index contributed by atoms with van der Waals surface area (Å²) in [5.41, 5.74) is 1.55. The van der Waals surface area contributed by atoms with Crippen molar-refractivity contribution in [3.63, 3.8) is 0 Å². The van der Waals surface area contributed by atoms with E-state index in [0.717, 1.165) is 10.4 Å². The number of carbonyl (C=O) groups excluding carboxylic acids is 1. The third kappa shape index (κ3) is 2.19. The van der Waals surface area contributed by atoms with E-state index in [1.165, 1.54) is 6.20 Å². The summed E-state index contributed by atoms with van der Waals surface area (Å²) in [5, 5.41) is 18.1. The van der Waals surface area contributed by atoms with Gasteiger partial charge in [0.1, 0.15) is 12.2 Å². The van der Waals surface area contributed by atoms with Crippen LogP contribution < -0.4 is 5.11 Å². The molecular weight excluding hydrogens is 194 g/mol. The van der Waals surface area contributed by atoms with Crippen LogP contribution in [0, 0.1) is 0 Å². The molecule has 0 atom stereocenters. The number of carboxylic acids is 1. The van der Waals surface area contributed by atoms with Crippen LogP contribution in [0.25, 0.3) is 11.3 Å². The van der Waals surface area contributed by atoms with Crippen molar-refractivity contribution in [3.8, 4) is 11.3 Å². The molecule has 0 aliphatic rings. The number of hydrogen-bond donors (Lipinski definition) is 0. The zero-order valence-electron chi connectivity index (χ0n) is 7.83. The van der Waals surface area contributed by atoms with Crippen LogP contribution in [0.3, 0.4) is 0 Å². The number of nitrogens with zero attached hydrogens (tertiary/aromatic N) is 3. The molecule has 0 bridgehead atoms. The number of rotatable bonds is 3. The molecule has 0 amide bonds. The molecule has 2 aromatic rings. The molecule has 0 spiro atoms. The van der Waals surface area contributed by atoms with Crippen LogP contribution in [-0.2, 0) is 11.3 Å².